The van der Waals surface area contributed by atoms with E-state index in [2.05, 4.69) is 5.32 Å². The van der Waals surface area contributed by atoms with Gasteiger partial charge in [0.2, 0.25) is 12.7 Å². The van der Waals surface area contributed by atoms with Crippen molar-refractivity contribution in [3.05, 3.63) is 23.8 Å². The first-order valence-corrected chi connectivity index (χ1v) is 15.4. The van der Waals surface area contributed by atoms with Crippen LogP contribution in [0.25, 0.3) is 0 Å². The van der Waals surface area contributed by atoms with Gasteiger partial charge in [0.25, 0.3) is 0 Å². The molecular formula is C32H44N2O8. The molecule has 3 aliphatic heterocycles. The van der Waals surface area contributed by atoms with E-state index < -0.39 is 23.5 Å². The molecule has 1 N–H and O–H groups in total. The number of nitrogens with zero attached hydrogens (tertiary/aromatic N) is 1. The maximum absolute atomic E-state index is 13.9. The highest BCUT2D eigenvalue weighted by atomic mass is 16.7. The Kier molecular flexibility index (Phi) is 9.96. The highest BCUT2D eigenvalue weighted by Crippen LogP contribution is 2.38. The van der Waals surface area contributed by atoms with Crippen LogP contribution in [-0.4, -0.2) is 86.0 Å². The molecule has 0 aromatic heterocycles. The first kappa shape index (κ1) is 30.6. The number of amides is 1. The van der Waals surface area contributed by atoms with Crippen molar-refractivity contribution in [1.82, 2.24) is 10.2 Å². The van der Waals surface area contributed by atoms with Crippen LogP contribution in [0, 0.1) is 17.8 Å². The molecule has 10 heteroatoms. The van der Waals surface area contributed by atoms with Gasteiger partial charge in [-0.05, 0) is 43.4 Å². The number of carbonyl (C=O) groups excluding carboxylic acids is 4. The van der Waals surface area contributed by atoms with Crippen LogP contribution in [0.4, 0.5) is 0 Å². The fourth-order valence-electron chi connectivity index (χ4n) is 6.37. The molecule has 4 aliphatic rings. The Morgan fingerprint density at radius 1 is 1.05 bits per heavy atom. The van der Waals surface area contributed by atoms with Crippen molar-refractivity contribution >= 4 is 23.3 Å². The topological polar surface area (TPSA) is 124 Å². The zero-order valence-corrected chi connectivity index (χ0v) is 24.9. The molecular weight excluding hydrogens is 540 g/mol. The predicted octanol–water partition coefficient (Wildman–Crippen LogP) is 2.88. The van der Waals surface area contributed by atoms with Crippen LogP contribution < -0.4 is 14.8 Å². The summed E-state index contributed by atoms with van der Waals surface area (Å²) in [5.74, 6) is 0.0499. The molecule has 1 aliphatic carbocycles. The van der Waals surface area contributed by atoms with Crippen molar-refractivity contribution in [3.8, 4) is 11.5 Å². The number of fused-ring (bicyclic) bond motifs is 1. The molecule has 1 aromatic rings. The predicted molar refractivity (Wildman–Crippen MR) is 153 cm³/mol. The summed E-state index contributed by atoms with van der Waals surface area (Å²) in [7, 11) is 0. The van der Waals surface area contributed by atoms with Gasteiger partial charge in [0.15, 0.2) is 23.1 Å². The van der Waals surface area contributed by atoms with Crippen molar-refractivity contribution in [2.24, 2.45) is 17.8 Å². The number of benzene rings is 1. The van der Waals surface area contributed by atoms with E-state index in [1.54, 1.807) is 19.9 Å². The number of morpholine rings is 1. The highest BCUT2D eigenvalue weighted by molar-refractivity contribution is 5.97. The van der Waals surface area contributed by atoms with E-state index in [0.29, 0.717) is 56.7 Å². The molecule has 0 spiro atoms. The second kappa shape index (κ2) is 13.7. The summed E-state index contributed by atoms with van der Waals surface area (Å²) in [5, 5.41) is 2.95. The smallest absolute Gasteiger partial charge is 0.231 e. The summed E-state index contributed by atoms with van der Waals surface area (Å²) in [4.78, 5) is 55.5. The zero-order chi connectivity index (χ0) is 29.7. The summed E-state index contributed by atoms with van der Waals surface area (Å²) < 4.78 is 21.8. The maximum atomic E-state index is 13.9. The Balaban J connectivity index is 1.27. The van der Waals surface area contributed by atoms with Gasteiger partial charge >= 0.3 is 0 Å². The van der Waals surface area contributed by atoms with Crippen LogP contribution >= 0.6 is 0 Å². The third kappa shape index (κ3) is 7.96. The van der Waals surface area contributed by atoms with E-state index in [-0.39, 0.29) is 55.9 Å². The van der Waals surface area contributed by atoms with Crippen molar-refractivity contribution in [3.63, 3.8) is 0 Å². The fraction of sp³-hybridized carbons (Fsp3) is 0.688. The van der Waals surface area contributed by atoms with Crippen molar-refractivity contribution in [2.45, 2.75) is 76.9 Å². The Morgan fingerprint density at radius 3 is 2.48 bits per heavy atom. The molecule has 3 fully saturated rings. The van der Waals surface area contributed by atoms with E-state index >= 15 is 0 Å². The van der Waals surface area contributed by atoms with Crippen LogP contribution in [0.2, 0.25) is 0 Å². The van der Waals surface area contributed by atoms with E-state index in [0.717, 1.165) is 31.2 Å². The third-order valence-electron chi connectivity index (χ3n) is 9.08. The summed E-state index contributed by atoms with van der Waals surface area (Å²) in [6.45, 7) is 6.91. The number of hydrogen-bond acceptors (Lipinski definition) is 9. The molecule has 1 amide bonds. The molecule has 3 heterocycles. The molecule has 4 atom stereocenters. The lowest BCUT2D eigenvalue weighted by Crippen LogP contribution is -2.46. The van der Waals surface area contributed by atoms with Gasteiger partial charge in [-0.2, -0.15) is 0 Å². The van der Waals surface area contributed by atoms with Crippen LogP contribution in [0.3, 0.4) is 0 Å². The largest absolute Gasteiger partial charge is 0.454 e. The quantitative estimate of drug-likeness (QED) is 0.310. The molecule has 0 bridgehead atoms. The Hall–Kier alpha value is -2.82. The van der Waals surface area contributed by atoms with E-state index in [9.17, 15) is 19.2 Å². The van der Waals surface area contributed by atoms with Crippen molar-refractivity contribution in [1.29, 1.82) is 0 Å². The van der Waals surface area contributed by atoms with Gasteiger partial charge < -0.3 is 24.3 Å². The molecule has 230 valence electrons. The minimum absolute atomic E-state index is 0.0156. The van der Waals surface area contributed by atoms with Crippen molar-refractivity contribution < 1.29 is 38.1 Å². The molecule has 0 radical (unpaired) electrons. The van der Waals surface area contributed by atoms with E-state index in [4.69, 9.17) is 18.9 Å². The lowest BCUT2D eigenvalue weighted by atomic mass is 9.81. The number of rotatable bonds is 15. The average molecular weight is 585 g/mol. The molecule has 4 unspecified atom stereocenters. The minimum Gasteiger partial charge on any atom is -0.454 e. The highest BCUT2D eigenvalue weighted by Gasteiger charge is 2.50. The van der Waals surface area contributed by atoms with E-state index in [1.807, 2.05) is 17.0 Å². The van der Waals surface area contributed by atoms with Gasteiger partial charge in [0, 0.05) is 37.8 Å². The molecule has 1 saturated carbocycles. The molecule has 2 saturated heterocycles. The lowest BCUT2D eigenvalue weighted by Gasteiger charge is -2.26. The third-order valence-corrected chi connectivity index (χ3v) is 9.08. The number of carbonyl (C=O) groups is 4. The fourth-order valence-corrected chi connectivity index (χ4v) is 6.37. The molecule has 1 aromatic carbocycles. The second-order valence-electron chi connectivity index (χ2n) is 12.6. The van der Waals surface area contributed by atoms with Gasteiger partial charge in [-0.1, -0.05) is 38.7 Å². The van der Waals surface area contributed by atoms with Crippen LogP contribution in [-0.2, 0) is 35.1 Å². The van der Waals surface area contributed by atoms with Gasteiger partial charge in [0.1, 0.15) is 11.4 Å². The second-order valence-corrected chi connectivity index (χ2v) is 12.6. The monoisotopic (exact) mass is 584 g/mol. The number of nitrogens with one attached hydrogen (secondary N) is 1. The number of epoxide rings is 1. The van der Waals surface area contributed by atoms with Gasteiger partial charge in [0.05, 0.1) is 32.4 Å². The number of Topliss-reactive ketones (excluding diaryl/α,β-unsaturated/α-hetero) is 3. The van der Waals surface area contributed by atoms with Crippen molar-refractivity contribution in [2.75, 3.05) is 46.2 Å². The maximum Gasteiger partial charge on any atom is 0.231 e. The van der Waals surface area contributed by atoms with Gasteiger partial charge in [-0.15, -0.1) is 0 Å². The Labute approximate surface area is 247 Å². The summed E-state index contributed by atoms with van der Waals surface area (Å²) >= 11 is 0. The lowest BCUT2D eigenvalue weighted by molar-refractivity contribution is -0.134. The number of ketones is 3. The molecule has 5 rings (SSSR count). The normalized spacial score (nSPS) is 24.1. The Morgan fingerprint density at radius 2 is 1.76 bits per heavy atom. The van der Waals surface area contributed by atoms with Crippen LogP contribution in [0.5, 0.6) is 11.5 Å². The first-order chi connectivity index (χ1) is 20.2. The summed E-state index contributed by atoms with van der Waals surface area (Å²) in [6, 6.07) is 4.63. The Bertz CT molecular complexity index is 1150. The average Bonchev–Trinajstić information content (AvgIpc) is 3.32. The molecule has 10 nitrogen and oxygen atoms in total. The summed E-state index contributed by atoms with van der Waals surface area (Å²) in [5.41, 5.74) is -0.000258. The standard InChI is InChI=1S/C32H44N2O8/c1-21(13-25(35)18-34-9-11-39-12-10-34)31(38)33-26(15-23-7-8-28-29(16-23)41-20-40-28)27(36)17-24(14-22-5-3-4-6-22)30(37)32(2)19-42-32/h7-8,16,21-22,24,26H,3-6,9-15,17-20H2,1-2H3,(H,33,38). The zero-order valence-electron chi connectivity index (χ0n) is 24.9. The van der Waals surface area contributed by atoms with Gasteiger partial charge in [-0.3, -0.25) is 24.1 Å². The minimum atomic E-state index is -0.846. The number of hydrogen-bond donors (Lipinski definition) is 1. The molecule has 42 heavy (non-hydrogen) atoms. The van der Waals surface area contributed by atoms with Crippen LogP contribution in [0.1, 0.15) is 64.4 Å². The van der Waals surface area contributed by atoms with Crippen LogP contribution in [0.15, 0.2) is 18.2 Å². The van der Waals surface area contributed by atoms with E-state index in [1.165, 1.54) is 0 Å². The first-order valence-electron chi connectivity index (χ1n) is 15.4. The summed E-state index contributed by atoms with van der Waals surface area (Å²) in [6.07, 6.45) is 5.50. The van der Waals surface area contributed by atoms with Gasteiger partial charge in [-0.25, -0.2) is 0 Å². The SMILES string of the molecule is CC(CC(=O)CN1CCOCC1)C(=O)NC(Cc1ccc2c(c1)OCO2)C(=O)CC(CC1CCCC1)C(=O)C1(C)CO1. The number of ether oxygens (including phenoxy) is 4.